The predicted molar refractivity (Wildman–Crippen MR) is 68.6 cm³/mol. The Morgan fingerprint density at radius 2 is 1.94 bits per heavy atom. The Bertz CT molecular complexity index is 605. The molecule has 0 unspecified atom stereocenters. The molecule has 0 amide bonds. The van der Waals surface area contributed by atoms with Crippen molar-refractivity contribution in [3.63, 3.8) is 0 Å². The topological polar surface area (TPSA) is 53.2 Å². The van der Waals surface area contributed by atoms with E-state index in [0.717, 1.165) is 0 Å². The minimum absolute atomic E-state index is 0.176. The molecular weight excluding hydrogens is 250 g/mol. The summed E-state index contributed by atoms with van der Waals surface area (Å²) in [4.78, 5) is 0. The predicted octanol–water partition coefficient (Wildman–Crippen LogP) is 3.50. The summed E-state index contributed by atoms with van der Waals surface area (Å²) < 4.78 is 5.64. The van der Waals surface area contributed by atoms with Crippen LogP contribution in [0.25, 0.3) is 0 Å². The first-order valence-corrected chi connectivity index (χ1v) is 5.69. The van der Waals surface area contributed by atoms with Crippen molar-refractivity contribution in [1.82, 2.24) is 0 Å². The number of benzene rings is 2. The number of halogens is 1. The highest BCUT2D eigenvalue weighted by Gasteiger charge is 2.11. The number of rotatable bonds is 3. The van der Waals surface area contributed by atoms with E-state index in [1.54, 1.807) is 42.5 Å². The second kappa shape index (κ2) is 5.54. The molecule has 0 radical (unpaired) electrons. The molecule has 0 spiro atoms. The Morgan fingerprint density at radius 3 is 2.67 bits per heavy atom. The molecule has 0 aliphatic heterocycles. The minimum atomic E-state index is -0.176. The molecule has 3 nitrogen and oxygen atoms in total. The molecule has 0 saturated carbocycles. The van der Waals surface area contributed by atoms with Crippen molar-refractivity contribution in [3.05, 3.63) is 58.6 Å². The lowest BCUT2D eigenvalue weighted by atomic mass is 10.2. The van der Waals surface area contributed by atoms with Crippen LogP contribution in [0.15, 0.2) is 42.5 Å². The Kier molecular flexibility index (Phi) is 3.83. The molecular formula is C14H10ClNO2. The van der Waals surface area contributed by atoms with Crippen LogP contribution in [0.4, 0.5) is 0 Å². The van der Waals surface area contributed by atoms with Gasteiger partial charge in [0.2, 0.25) is 0 Å². The van der Waals surface area contributed by atoms with Crippen molar-refractivity contribution in [3.8, 4) is 17.6 Å². The lowest BCUT2D eigenvalue weighted by molar-refractivity contribution is 0.276. The Labute approximate surface area is 110 Å². The number of hydrogen-bond donors (Lipinski definition) is 1. The van der Waals surface area contributed by atoms with Crippen molar-refractivity contribution in [2.45, 2.75) is 6.61 Å². The van der Waals surface area contributed by atoms with Crippen molar-refractivity contribution >= 4 is 11.6 Å². The molecule has 2 aromatic carbocycles. The molecule has 1 N–H and O–H groups in total. The van der Waals surface area contributed by atoms with E-state index in [4.69, 9.17) is 21.6 Å². The van der Waals surface area contributed by atoms with E-state index in [0.29, 0.717) is 27.6 Å². The highest BCUT2D eigenvalue weighted by molar-refractivity contribution is 6.32. The quantitative estimate of drug-likeness (QED) is 0.918. The molecule has 90 valence electrons. The van der Waals surface area contributed by atoms with Crippen LogP contribution in [0.1, 0.15) is 11.1 Å². The third kappa shape index (κ3) is 2.45. The molecule has 0 aliphatic carbocycles. The van der Waals surface area contributed by atoms with Gasteiger partial charge in [-0.15, -0.1) is 0 Å². The second-order valence-corrected chi connectivity index (χ2v) is 4.00. The van der Waals surface area contributed by atoms with Gasteiger partial charge in [-0.2, -0.15) is 5.26 Å². The third-order valence-electron chi connectivity index (χ3n) is 2.44. The van der Waals surface area contributed by atoms with Crippen LogP contribution in [0.5, 0.6) is 11.5 Å². The number of nitrogens with zero attached hydrogens (tertiary/aromatic N) is 1. The van der Waals surface area contributed by atoms with Crippen LogP contribution in [-0.4, -0.2) is 5.11 Å². The van der Waals surface area contributed by atoms with Gasteiger partial charge in [0.25, 0.3) is 0 Å². The van der Waals surface area contributed by atoms with Gasteiger partial charge < -0.3 is 9.84 Å². The first-order chi connectivity index (χ1) is 8.76. The van der Waals surface area contributed by atoms with Crippen molar-refractivity contribution < 1.29 is 9.84 Å². The highest BCUT2D eigenvalue weighted by atomic mass is 35.5. The summed E-state index contributed by atoms with van der Waals surface area (Å²) in [6.45, 7) is -0.176. The average Bonchev–Trinajstić information content (AvgIpc) is 2.41. The van der Waals surface area contributed by atoms with Gasteiger partial charge in [-0.05, 0) is 18.2 Å². The van der Waals surface area contributed by atoms with Crippen LogP contribution in [0.3, 0.4) is 0 Å². The molecule has 2 aromatic rings. The monoisotopic (exact) mass is 259 g/mol. The number of aliphatic hydroxyl groups excluding tert-OH is 1. The molecule has 0 atom stereocenters. The third-order valence-corrected chi connectivity index (χ3v) is 2.74. The van der Waals surface area contributed by atoms with E-state index in [2.05, 4.69) is 0 Å². The summed E-state index contributed by atoms with van der Waals surface area (Å²) >= 11 is 6.03. The van der Waals surface area contributed by atoms with Crippen molar-refractivity contribution in [2.24, 2.45) is 0 Å². The summed E-state index contributed by atoms with van der Waals surface area (Å²) in [5.74, 6) is 0.798. The summed E-state index contributed by atoms with van der Waals surface area (Å²) in [6, 6.07) is 14.0. The first kappa shape index (κ1) is 12.4. The fourth-order valence-corrected chi connectivity index (χ4v) is 1.78. The SMILES string of the molecule is N#Cc1ccccc1Oc1c(Cl)cccc1CO. The Morgan fingerprint density at radius 1 is 1.17 bits per heavy atom. The summed E-state index contributed by atoms with van der Waals surface area (Å²) in [5, 5.41) is 18.6. The number of para-hydroxylation sites is 2. The van der Waals surface area contributed by atoms with Gasteiger partial charge in [0.15, 0.2) is 5.75 Å². The summed E-state index contributed by atoms with van der Waals surface area (Å²) in [6.07, 6.45) is 0. The zero-order valence-corrected chi connectivity index (χ0v) is 10.2. The fourth-order valence-electron chi connectivity index (χ4n) is 1.55. The maximum absolute atomic E-state index is 9.24. The van der Waals surface area contributed by atoms with Gasteiger partial charge >= 0.3 is 0 Å². The normalized spacial score (nSPS) is 9.83. The zero-order chi connectivity index (χ0) is 13.0. The van der Waals surface area contributed by atoms with Crippen LogP contribution >= 0.6 is 11.6 Å². The maximum Gasteiger partial charge on any atom is 0.151 e. The lowest BCUT2D eigenvalue weighted by Crippen LogP contribution is -1.94. The average molecular weight is 260 g/mol. The van der Waals surface area contributed by atoms with E-state index in [1.807, 2.05) is 6.07 Å². The molecule has 0 saturated heterocycles. The van der Waals surface area contributed by atoms with E-state index in [1.165, 1.54) is 0 Å². The summed E-state index contributed by atoms with van der Waals surface area (Å²) in [7, 11) is 0. The van der Waals surface area contributed by atoms with Gasteiger partial charge in [0, 0.05) is 5.56 Å². The molecule has 0 aromatic heterocycles. The summed E-state index contributed by atoms with van der Waals surface area (Å²) in [5.41, 5.74) is 0.997. The lowest BCUT2D eigenvalue weighted by Gasteiger charge is -2.12. The number of hydrogen-bond acceptors (Lipinski definition) is 3. The first-order valence-electron chi connectivity index (χ1n) is 5.31. The van der Waals surface area contributed by atoms with Gasteiger partial charge in [0.05, 0.1) is 17.2 Å². The minimum Gasteiger partial charge on any atom is -0.454 e. The van der Waals surface area contributed by atoms with Crippen LogP contribution in [0, 0.1) is 11.3 Å². The van der Waals surface area contributed by atoms with E-state index in [9.17, 15) is 5.11 Å². The number of aliphatic hydroxyl groups is 1. The molecule has 18 heavy (non-hydrogen) atoms. The van der Waals surface area contributed by atoms with Crippen molar-refractivity contribution in [2.75, 3.05) is 0 Å². The fraction of sp³-hybridized carbons (Fsp3) is 0.0714. The van der Waals surface area contributed by atoms with Crippen LogP contribution < -0.4 is 4.74 Å². The highest BCUT2D eigenvalue weighted by Crippen LogP contribution is 2.34. The standard InChI is InChI=1S/C14H10ClNO2/c15-12-6-3-5-11(9-17)14(12)18-13-7-2-1-4-10(13)8-16/h1-7,17H,9H2. The number of ether oxygens (including phenoxy) is 1. The van der Waals surface area contributed by atoms with Gasteiger partial charge in [-0.1, -0.05) is 35.9 Å². The number of nitriles is 1. The molecule has 2 rings (SSSR count). The Hall–Kier alpha value is -2.02. The molecule has 0 bridgehead atoms. The maximum atomic E-state index is 9.24. The largest absolute Gasteiger partial charge is 0.454 e. The van der Waals surface area contributed by atoms with Gasteiger partial charge in [0.1, 0.15) is 11.8 Å². The second-order valence-electron chi connectivity index (χ2n) is 3.60. The van der Waals surface area contributed by atoms with Crippen LogP contribution in [0.2, 0.25) is 5.02 Å². The molecule has 0 aliphatic rings. The molecule has 0 heterocycles. The van der Waals surface area contributed by atoms with E-state index < -0.39 is 0 Å². The molecule has 0 fully saturated rings. The van der Waals surface area contributed by atoms with E-state index in [-0.39, 0.29) is 6.61 Å². The smallest absolute Gasteiger partial charge is 0.151 e. The van der Waals surface area contributed by atoms with Crippen LogP contribution in [-0.2, 0) is 6.61 Å². The zero-order valence-electron chi connectivity index (χ0n) is 9.43. The van der Waals surface area contributed by atoms with Gasteiger partial charge in [-0.3, -0.25) is 0 Å². The Balaban J connectivity index is 2.43. The molecule has 4 heteroatoms. The van der Waals surface area contributed by atoms with E-state index >= 15 is 0 Å². The van der Waals surface area contributed by atoms with Gasteiger partial charge in [-0.25, -0.2) is 0 Å². The van der Waals surface area contributed by atoms with Crippen molar-refractivity contribution in [1.29, 1.82) is 5.26 Å².